The SMILES string of the molecule is CN/C(C)=C(\C)C1=NCCN1C. The van der Waals surface area contributed by atoms with E-state index < -0.39 is 0 Å². The molecule has 0 saturated heterocycles. The van der Waals surface area contributed by atoms with Crippen LogP contribution in [0.2, 0.25) is 0 Å². The molecular formula is C9H17N3. The van der Waals surface area contributed by atoms with E-state index in [9.17, 15) is 0 Å². The third kappa shape index (κ3) is 1.60. The first-order chi connectivity index (χ1) is 5.66. The fourth-order valence-electron chi connectivity index (χ4n) is 1.29. The Kier molecular flexibility index (Phi) is 2.74. The van der Waals surface area contributed by atoms with Crippen LogP contribution >= 0.6 is 0 Å². The van der Waals surface area contributed by atoms with Crippen LogP contribution in [0.1, 0.15) is 13.8 Å². The van der Waals surface area contributed by atoms with E-state index in [0.717, 1.165) is 18.9 Å². The van der Waals surface area contributed by atoms with Crippen molar-refractivity contribution in [2.75, 3.05) is 27.2 Å². The lowest BCUT2D eigenvalue weighted by molar-refractivity contribution is 0.555. The monoisotopic (exact) mass is 167 g/mol. The van der Waals surface area contributed by atoms with Crippen LogP contribution in [0.25, 0.3) is 0 Å². The van der Waals surface area contributed by atoms with Gasteiger partial charge in [0.05, 0.1) is 6.54 Å². The molecular weight excluding hydrogens is 150 g/mol. The largest absolute Gasteiger partial charge is 0.391 e. The zero-order chi connectivity index (χ0) is 9.14. The fraction of sp³-hybridized carbons (Fsp3) is 0.667. The molecule has 3 heteroatoms. The highest BCUT2D eigenvalue weighted by Crippen LogP contribution is 2.09. The lowest BCUT2D eigenvalue weighted by Gasteiger charge is -2.16. The van der Waals surface area contributed by atoms with Crippen molar-refractivity contribution in [1.29, 1.82) is 0 Å². The maximum atomic E-state index is 4.43. The summed E-state index contributed by atoms with van der Waals surface area (Å²) < 4.78 is 0. The van der Waals surface area contributed by atoms with Crippen molar-refractivity contribution in [1.82, 2.24) is 10.2 Å². The summed E-state index contributed by atoms with van der Waals surface area (Å²) in [5.41, 5.74) is 2.44. The second kappa shape index (κ2) is 3.61. The van der Waals surface area contributed by atoms with E-state index in [2.05, 4.69) is 36.1 Å². The van der Waals surface area contributed by atoms with E-state index in [-0.39, 0.29) is 0 Å². The second-order valence-electron chi connectivity index (χ2n) is 3.13. The van der Waals surface area contributed by atoms with Gasteiger partial charge in [-0.2, -0.15) is 0 Å². The molecule has 0 atom stereocenters. The Balaban J connectivity index is 2.83. The Labute approximate surface area is 74.2 Å². The molecule has 12 heavy (non-hydrogen) atoms. The van der Waals surface area contributed by atoms with E-state index >= 15 is 0 Å². The third-order valence-electron chi connectivity index (χ3n) is 2.33. The van der Waals surface area contributed by atoms with E-state index in [1.807, 2.05) is 7.05 Å². The van der Waals surface area contributed by atoms with Gasteiger partial charge in [0.15, 0.2) is 0 Å². The molecule has 0 unspecified atom stereocenters. The van der Waals surface area contributed by atoms with Crippen LogP contribution in [0.15, 0.2) is 16.3 Å². The average molecular weight is 167 g/mol. The molecule has 0 spiro atoms. The number of nitrogens with zero attached hydrogens (tertiary/aromatic N) is 2. The van der Waals surface area contributed by atoms with Crippen LogP contribution < -0.4 is 5.32 Å². The van der Waals surface area contributed by atoms with Crippen molar-refractivity contribution in [2.24, 2.45) is 4.99 Å². The Bertz CT molecular complexity index is 228. The Morgan fingerprint density at radius 3 is 2.58 bits per heavy atom. The number of hydrogen-bond donors (Lipinski definition) is 1. The smallest absolute Gasteiger partial charge is 0.128 e. The number of rotatable bonds is 2. The molecule has 1 N–H and O–H groups in total. The minimum atomic E-state index is 0.931. The number of nitrogens with one attached hydrogen (secondary N) is 1. The molecule has 0 aromatic rings. The maximum absolute atomic E-state index is 4.43. The summed E-state index contributed by atoms with van der Waals surface area (Å²) in [4.78, 5) is 6.62. The molecule has 1 heterocycles. The summed E-state index contributed by atoms with van der Waals surface area (Å²) in [6, 6.07) is 0. The molecule has 1 aliphatic rings. The summed E-state index contributed by atoms with van der Waals surface area (Å²) in [5, 5.41) is 3.13. The van der Waals surface area contributed by atoms with Crippen molar-refractivity contribution in [3.8, 4) is 0 Å². The molecule has 68 valence electrons. The predicted octanol–water partition coefficient (Wildman–Crippen LogP) is 0.844. The van der Waals surface area contributed by atoms with Crippen molar-refractivity contribution in [2.45, 2.75) is 13.8 Å². The minimum Gasteiger partial charge on any atom is -0.391 e. The number of allylic oxidation sites excluding steroid dienone is 1. The number of likely N-dealkylation sites (N-methyl/N-ethyl adjacent to an activating group) is 1. The van der Waals surface area contributed by atoms with Crippen LogP contribution in [0.5, 0.6) is 0 Å². The van der Waals surface area contributed by atoms with Gasteiger partial charge in [-0.25, -0.2) is 0 Å². The highest BCUT2D eigenvalue weighted by atomic mass is 15.2. The van der Waals surface area contributed by atoms with Crippen LogP contribution in [0.3, 0.4) is 0 Å². The van der Waals surface area contributed by atoms with E-state index in [0.29, 0.717) is 0 Å². The summed E-state index contributed by atoms with van der Waals surface area (Å²) in [6.45, 7) is 6.15. The topological polar surface area (TPSA) is 27.6 Å². The first kappa shape index (κ1) is 9.10. The van der Waals surface area contributed by atoms with Gasteiger partial charge >= 0.3 is 0 Å². The lowest BCUT2D eigenvalue weighted by atomic mass is 10.2. The lowest BCUT2D eigenvalue weighted by Crippen LogP contribution is -2.25. The minimum absolute atomic E-state index is 0.931. The summed E-state index contributed by atoms with van der Waals surface area (Å²) in [5.74, 6) is 1.13. The molecule has 1 aliphatic heterocycles. The standard InChI is InChI=1S/C9H17N3/c1-7(8(2)10-3)9-11-5-6-12(9)4/h10H,5-6H2,1-4H3/b8-7+. The van der Waals surface area contributed by atoms with E-state index in [1.54, 1.807) is 0 Å². The zero-order valence-corrected chi connectivity index (χ0v) is 8.31. The van der Waals surface area contributed by atoms with Crippen LogP contribution in [-0.4, -0.2) is 37.9 Å². The quantitative estimate of drug-likeness (QED) is 0.660. The second-order valence-corrected chi connectivity index (χ2v) is 3.13. The van der Waals surface area contributed by atoms with Gasteiger partial charge in [-0.15, -0.1) is 0 Å². The van der Waals surface area contributed by atoms with Gasteiger partial charge in [0.1, 0.15) is 5.84 Å². The first-order valence-corrected chi connectivity index (χ1v) is 4.28. The molecule has 0 radical (unpaired) electrons. The number of hydrogen-bond acceptors (Lipinski definition) is 3. The molecule has 0 saturated carbocycles. The van der Waals surface area contributed by atoms with Crippen molar-refractivity contribution in [3.05, 3.63) is 11.3 Å². The first-order valence-electron chi connectivity index (χ1n) is 4.28. The Morgan fingerprint density at radius 1 is 1.50 bits per heavy atom. The van der Waals surface area contributed by atoms with Crippen LogP contribution in [0.4, 0.5) is 0 Å². The highest BCUT2D eigenvalue weighted by Gasteiger charge is 2.14. The average Bonchev–Trinajstić information content (AvgIpc) is 2.48. The van der Waals surface area contributed by atoms with Crippen molar-refractivity contribution >= 4 is 5.84 Å². The zero-order valence-electron chi connectivity index (χ0n) is 8.31. The van der Waals surface area contributed by atoms with Gasteiger partial charge in [0, 0.05) is 31.9 Å². The molecule has 0 aliphatic carbocycles. The van der Waals surface area contributed by atoms with Crippen molar-refractivity contribution in [3.63, 3.8) is 0 Å². The van der Waals surface area contributed by atoms with Crippen LogP contribution in [-0.2, 0) is 0 Å². The van der Waals surface area contributed by atoms with Crippen LogP contribution in [0, 0.1) is 0 Å². The number of amidine groups is 1. The van der Waals surface area contributed by atoms with Gasteiger partial charge in [-0.1, -0.05) is 0 Å². The van der Waals surface area contributed by atoms with Gasteiger partial charge < -0.3 is 10.2 Å². The highest BCUT2D eigenvalue weighted by molar-refractivity contribution is 5.99. The normalized spacial score (nSPS) is 19.0. The van der Waals surface area contributed by atoms with Gasteiger partial charge in [-0.05, 0) is 13.8 Å². The predicted molar refractivity (Wildman–Crippen MR) is 52.4 cm³/mol. The summed E-state index contributed by atoms with van der Waals surface area (Å²) in [7, 11) is 4.02. The summed E-state index contributed by atoms with van der Waals surface area (Å²) in [6.07, 6.45) is 0. The third-order valence-corrected chi connectivity index (χ3v) is 2.33. The molecule has 3 nitrogen and oxygen atoms in total. The van der Waals surface area contributed by atoms with E-state index in [4.69, 9.17) is 0 Å². The molecule has 0 aromatic heterocycles. The van der Waals surface area contributed by atoms with Gasteiger partial charge in [0.2, 0.25) is 0 Å². The molecule has 1 rings (SSSR count). The molecule has 0 aromatic carbocycles. The Morgan fingerprint density at radius 2 is 2.17 bits per heavy atom. The van der Waals surface area contributed by atoms with E-state index in [1.165, 1.54) is 11.3 Å². The fourth-order valence-corrected chi connectivity index (χ4v) is 1.29. The molecule has 0 bridgehead atoms. The van der Waals surface area contributed by atoms with Gasteiger partial charge in [0.25, 0.3) is 0 Å². The molecule has 0 amide bonds. The van der Waals surface area contributed by atoms with Gasteiger partial charge in [-0.3, -0.25) is 4.99 Å². The van der Waals surface area contributed by atoms with Crippen molar-refractivity contribution < 1.29 is 0 Å². The maximum Gasteiger partial charge on any atom is 0.128 e. The Hall–Kier alpha value is -0.990. The molecule has 0 fully saturated rings. The number of aliphatic imine (C=N–C) groups is 1. The summed E-state index contributed by atoms with van der Waals surface area (Å²) >= 11 is 0.